The lowest BCUT2D eigenvalue weighted by atomic mass is 10.1. The molecule has 0 aliphatic carbocycles. The number of anilines is 1. The van der Waals surface area contributed by atoms with E-state index >= 15 is 0 Å². The molecule has 1 aromatic rings. The van der Waals surface area contributed by atoms with Gasteiger partial charge in [-0.15, -0.1) is 0 Å². The standard InChI is InChI=1S/C12H12F2N2O4S/c13-12(14)21(19,20)8-3-1-7(2-4-8)15-9-5-6-10(17)16-11(9)18/h1-4,9,12,15H,5-6H2,(H,16,17,18). The highest BCUT2D eigenvalue weighted by Crippen LogP contribution is 2.21. The minimum atomic E-state index is -4.63. The zero-order valence-corrected chi connectivity index (χ0v) is 11.5. The maximum Gasteiger partial charge on any atom is 0.341 e. The van der Waals surface area contributed by atoms with Crippen LogP contribution in [0.2, 0.25) is 0 Å². The summed E-state index contributed by atoms with van der Waals surface area (Å²) in [5.74, 6) is -4.31. The monoisotopic (exact) mass is 318 g/mol. The normalized spacial score (nSPS) is 19.5. The van der Waals surface area contributed by atoms with Gasteiger partial charge in [0.05, 0.1) is 4.90 Å². The van der Waals surface area contributed by atoms with Crippen molar-refractivity contribution in [2.75, 3.05) is 5.32 Å². The fourth-order valence-electron chi connectivity index (χ4n) is 1.88. The molecule has 0 radical (unpaired) electrons. The zero-order chi connectivity index (χ0) is 15.6. The molecule has 9 heteroatoms. The fourth-order valence-corrected chi connectivity index (χ4v) is 2.60. The van der Waals surface area contributed by atoms with Crippen LogP contribution >= 0.6 is 0 Å². The maximum atomic E-state index is 12.4. The predicted octanol–water partition coefficient (Wildman–Crippen LogP) is 0.900. The third kappa shape index (κ3) is 3.35. The van der Waals surface area contributed by atoms with Crippen LogP contribution in [0.5, 0.6) is 0 Å². The first-order chi connectivity index (χ1) is 9.80. The van der Waals surface area contributed by atoms with Crippen LogP contribution in [0.1, 0.15) is 12.8 Å². The predicted molar refractivity (Wildman–Crippen MR) is 69.4 cm³/mol. The van der Waals surface area contributed by atoms with Gasteiger partial charge in [-0.05, 0) is 30.7 Å². The van der Waals surface area contributed by atoms with Crippen molar-refractivity contribution in [2.24, 2.45) is 0 Å². The van der Waals surface area contributed by atoms with Gasteiger partial charge in [0, 0.05) is 12.1 Å². The van der Waals surface area contributed by atoms with E-state index in [-0.39, 0.29) is 12.3 Å². The summed E-state index contributed by atoms with van der Waals surface area (Å²) in [6.07, 6.45) is 0.503. The van der Waals surface area contributed by atoms with Crippen molar-refractivity contribution < 1.29 is 26.8 Å². The average molecular weight is 318 g/mol. The first kappa shape index (κ1) is 15.4. The average Bonchev–Trinajstić information content (AvgIpc) is 2.42. The van der Waals surface area contributed by atoms with Gasteiger partial charge in [0.1, 0.15) is 6.04 Å². The van der Waals surface area contributed by atoms with Crippen LogP contribution in [0.4, 0.5) is 14.5 Å². The van der Waals surface area contributed by atoms with E-state index < -0.39 is 32.4 Å². The minimum Gasteiger partial charge on any atom is -0.374 e. The van der Waals surface area contributed by atoms with E-state index in [9.17, 15) is 26.8 Å². The van der Waals surface area contributed by atoms with Gasteiger partial charge in [-0.3, -0.25) is 14.9 Å². The molecule has 1 unspecified atom stereocenters. The lowest BCUT2D eigenvalue weighted by Crippen LogP contribution is -2.47. The largest absolute Gasteiger partial charge is 0.374 e. The third-order valence-corrected chi connectivity index (χ3v) is 4.40. The Hall–Kier alpha value is -2.03. The molecule has 1 aliphatic heterocycles. The maximum absolute atomic E-state index is 12.4. The molecule has 1 heterocycles. The Labute approximate surface area is 119 Å². The molecule has 0 spiro atoms. The molecule has 1 atom stereocenters. The smallest absolute Gasteiger partial charge is 0.341 e. The van der Waals surface area contributed by atoms with Crippen LogP contribution in [0.3, 0.4) is 0 Å². The second kappa shape index (κ2) is 5.76. The SMILES string of the molecule is O=C1CCC(Nc2ccc(S(=O)(=O)C(F)F)cc2)C(=O)N1. The van der Waals surface area contributed by atoms with Crippen LogP contribution in [-0.2, 0) is 19.4 Å². The Morgan fingerprint density at radius 2 is 1.81 bits per heavy atom. The van der Waals surface area contributed by atoms with Gasteiger partial charge in [0.25, 0.3) is 0 Å². The van der Waals surface area contributed by atoms with E-state index in [1.54, 1.807) is 0 Å². The van der Waals surface area contributed by atoms with E-state index in [1.807, 2.05) is 0 Å². The Bertz CT molecular complexity index is 658. The number of halogens is 2. The van der Waals surface area contributed by atoms with Crippen LogP contribution in [0.15, 0.2) is 29.2 Å². The van der Waals surface area contributed by atoms with E-state index in [0.717, 1.165) is 12.1 Å². The first-order valence-electron chi connectivity index (χ1n) is 6.03. The number of piperidine rings is 1. The molecule has 1 aromatic carbocycles. The van der Waals surface area contributed by atoms with Crippen LogP contribution in [0.25, 0.3) is 0 Å². The summed E-state index contributed by atoms with van der Waals surface area (Å²) < 4.78 is 47.2. The summed E-state index contributed by atoms with van der Waals surface area (Å²) in [6, 6.07) is 4.03. The van der Waals surface area contributed by atoms with Gasteiger partial charge in [-0.25, -0.2) is 8.42 Å². The Balaban J connectivity index is 2.10. The quantitative estimate of drug-likeness (QED) is 0.805. The number of alkyl halides is 2. The van der Waals surface area contributed by atoms with Gasteiger partial charge >= 0.3 is 5.76 Å². The molecular weight excluding hydrogens is 306 g/mol. The Morgan fingerprint density at radius 3 is 2.33 bits per heavy atom. The zero-order valence-electron chi connectivity index (χ0n) is 10.7. The van der Waals surface area contributed by atoms with Crippen LogP contribution in [-0.4, -0.2) is 32.0 Å². The number of hydrogen-bond acceptors (Lipinski definition) is 5. The van der Waals surface area contributed by atoms with Crippen LogP contribution < -0.4 is 10.6 Å². The summed E-state index contributed by atoms with van der Waals surface area (Å²) in [7, 11) is -4.63. The van der Waals surface area contributed by atoms with Crippen molar-refractivity contribution in [3.8, 4) is 0 Å². The number of imide groups is 1. The van der Waals surface area contributed by atoms with Gasteiger partial charge in [-0.2, -0.15) is 8.78 Å². The van der Waals surface area contributed by atoms with Gasteiger partial charge in [0.15, 0.2) is 0 Å². The third-order valence-electron chi connectivity index (χ3n) is 3.00. The van der Waals surface area contributed by atoms with E-state index in [2.05, 4.69) is 10.6 Å². The molecular formula is C12H12F2N2O4S. The number of hydrogen-bond donors (Lipinski definition) is 2. The van der Waals surface area contributed by atoms with Gasteiger partial charge < -0.3 is 5.32 Å². The molecule has 6 nitrogen and oxygen atoms in total. The van der Waals surface area contributed by atoms with Crippen molar-refractivity contribution >= 4 is 27.3 Å². The van der Waals surface area contributed by atoms with E-state index in [4.69, 9.17) is 0 Å². The molecule has 114 valence electrons. The second-order valence-electron chi connectivity index (χ2n) is 4.48. The minimum absolute atomic E-state index is 0.196. The highest BCUT2D eigenvalue weighted by Gasteiger charge is 2.28. The molecule has 0 bridgehead atoms. The molecule has 2 rings (SSSR count). The summed E-state index contributed by atoms with van der Waals surface area (Å²) in [6.45, 7) is 0. The molecule has 0 aromatic heterocycles. The number of amides is 2. The number of benzene rings is 1. The van der Waals surface area contributed by atoms with Crippen molar-refractivity contribution in [3.05, 3.63) is 24.3 Å². The lowest BCUT2D eigenvalue weighted by Gasteiger charge is -2.22. The number of carbonyl (C=O) groups is 2. The topological polar surface area (TPSA) is 92.3 Å². The van der Waals surface area contributed by atoms with Crippen molar-refractivity contribution in [3.63, 3.8) is 0 Å². The van der Waals surface area contributed by atoms with E-state index in [1.165, 1.54) is 12.1 Å². The molecule has 1 aliphatic rings. The van der Waals surface area contributed by atoms with E-state index in [0.29, 0.717) is 12.1 Å². The molecule has 2 N–H and O–H groups in total. The summed E-state index contributed by atoms with van der Waals surface area (Å²) >= 11 is 0. The number of carbonyl (C=O) groups excluding carboxylic acids is 2. The molecule has 2 amide bonds. The number of nitrogens with one attached hydrogen (secondary N) is 2. The molecule has 0 saturated carbocycles. The Morgan fingerprint density at radius 1 is 1.19 bits per heavy atom. The highest BCUT2D eigenvalue weighted by atomic mass is 32.2. The van der Waals surface area contributed by atoms with Crippen LogP contribution in [0, 0.1) is 0 Å². The highest BCUT2D eigenvalue weighted by molar-refractivity contribution is 7.91. The number of rotatable bonds is 4. The molecule has 1 fully saturated rings. The summed E-state index contributed by atoms with van der Waals surface area (Å²) in [5, 5.41) is 4.98. The Kier molecular flexibility index (Phi) is 4.21. The molecule has 21 heavy (non-hydrogen) atoms. The van der Waals surface area contributed by atoms with Crippen molar-refractivity contribution in [1.29, 1.82) is 0 Å². The van der Waals surface area contributed by atoms with Crippen molar-refractivity contribution in [2.45, 2.75) is 29.5 Å². The molecule has 1 saturated heterocycles. The first-order valence-corrected chi connectivity index (χ1v) is 7.57. The van der Waals surface area contributed by atoms with Gasteiger partial charge in [0.2, 0.25) is 21.7 Å². The summed E-state index contributed by atoms with van der Waals surface area (Å²) in [5.41, 5.74) is 0.401. The van der Waals surface area contributed by atoms with Crippen molar-refractivity contribution in [1.82, 2.24) is 5.32 Å². The number of sulfone groups is 1. The summed E-state index contributed by atoms with van der Waals surface area (Å²) in [4.78, 5) is 22.0. The van der Waals surface area contributed by atoms with Gasteiger partial charge in [-0.1, -0.05) is 0 Å². The fraction of sp³-hybridized carbons (Fsp3) is 0.333. The lowest BCUT2D eigenvalue weighted by molar-refractivity contribution is -0.133. The second-order valence-corrected chi connectivity index (χ2v) is 6.40.